The van der Waals surface area contributed by atoms with Gasteiger partial charge in [0.15, 0.2) is 0 Å². The van der Waals surface area contributed by atoms with Crippen LogP contribution in [0.3, 0.4) is 0 Å². The largest absolute Gasteiger partial charge is 0.363 e. The Morgan fingerprint density at radius 3 is 2.67 bits per heavy atom. The summed E-state index contributed by atoms with van der Waals surface area (Å²) in [7, 11) is 2.01. The van der Waals surface area contributed by atoms with Crippen LogP contribution in [-0.2, 0) is 4.79 Å². The fraction of sp³-hybridized carbons (Fsp3) is 0.615. The molecule has 0 unspecified atom stereocenters. The van der Waals surface area contributed by atoms with Gasteiger partial charge in [0, 0.05) is 19.7 Å². The van der Waals surface area contributed by atoms with Crippen molar-refractivity contribution < 1.29 is 4.79 Å². The van der Waals surface area contributed by atoms with Crippen LogP contribution in [0.1, 0.15) is 26.6 Å². The van der Waals surface area contributed by atoms with Gasteiger partial charge in [-0.25, -0.2) is 9.97 Å². The minimum absolute atomic E-state index is 0.0864. The van der Waals surface area contributed by atoms with Gasteiger partial charge in [-0.05, 0) is 19.8 Å². The molecule has 1 heterocycles. The van der Waals surface area contributed by atoms with Crippen LogP contribution in [0.2, 0.25) is 0 Å². The van der Waals surface area contributed by atoms with E-state index in [2.05, 4.69) is 34.0 Å². The van der Waals surface area contributed by atoms with E-state index in [4.69, 9.17) is 0 Å². The Kier molecular flexibility index (Phi) is 5.07. The summed E-state index contributed by atoms with van der Waals surface area (Å²) >= 11 is 0. The fourth-order valence-electron chi connectivity index (χ4n) is 1.69. The fourth-order valence-corrected chi connectivity index (χ4v) is 1.69. The number of hydrogen-bond donors (Lipinski definition) is 1. The van der Waals surface area contributed by atoms with Crippen molar-refractivity contribution in [2.45, 2.75) is 27.7 Å². The quantitative estimate of drug-likeness (QED) is 0.835. The summed E-state index contributed by atoms with van der Waals surface area (Å²) in [6.07, 6.45) is 0. The average Bonchev–Trinajstić information content (AvgIpc) is 2.24. The zero-order chi connectivity index (χ0) is 13.7. The molecule has 0 atom stereocenters. The van der Waals surface area contributed by atoms with Crippen molar-refractivity contribution in [2.24, 2.45) is 5.92 Å². The van der Waals surface area contributed by atoms with Crippen LogP contribution in [-0.4, -0.2) is 35.9 Å². The molecular formula is C13H22N4O. The van der Waals surface area contributed by atoms with E-state index in [9.17, 15) is 4.79 Å². The molecule has 0 saturated heterocycles. The first-order valence-corrected chi connectivity index (χ1v) is 6.18. The van der Waals surface area contributed by atoms with E-state index in [1.165, 1.54) is 0 Å². The number of hydrogen-bond acceptors (Lipinski definition) is 5. The number of anilines is 2. The van der Waals surface area contributed by atoms with Crippen LogP contribution in [0.15, 0.2) is 6.07 Å². The molecule has 100 valence electrons. The van der Waals surface area contributed by atoms with Crippen LogP contribution < -0.4 is 10.2 Å². The molecule has 0 amide bonds. The minimum atomic E-state index is 0.0864. The van der Waals surface area contributed by atoms with Crippen molar-refractivity contribution in [3.63, 3.8) is 0 Å². The topological polar surface area (TPSA) is 58.1 Å². The van der Waals surface area contributed by atoms with Gasteiger partial charge in [0.05, 0.1) is 6.54 Å². The summed E-state index contributed by atoms with van der Waals surface area (Å²) in [5.41, 5.74) is 0. The van der Waals surface area contributed by atoms with Crippen molar-refractivity contribution in [2.75, 3.05) is 30.4 Å². The molecule has 18 heavy (non-hydrogen) atoms. The van der Waals surface area contributed by atoms with Gasteiger partial charge >= 0.3 is 0 Å². The third-order valence-corrected chi connectivity index (χ3v) is 2.37. The molecule has 1 N–H and O–H groups in total. The Bertz CT molecular complexity index is 417. The van der Waals surface area contributed by atoms with Gasteiger partial charge in [0.2, 0.25) is 0 Å². The molecule has 0 aromatic carbocycles. The smallest absolute Gasteiger partial charge is 0.148 e. The highest BCUT2D eigenvalue weighted by atomic mass is 16.1. The SMILES string of the molecule is CC(=O)CNc1cc(N(C)CC(C)C)nc(C)n1. The van der Waals surface area contributed by atoms with E-state index in [0.29, 0.717) is 24.1 Å². The van der Waals surface area contributed by atoms with E-state index in [1.807, 2.05) is 20.0 Å². The highest BCUT2D eigenvalue weighted by Crippen LogP contribution is 2.15. The number of Topliss-reactive ketones (excluding diaryl/α,β-unsaturated/α-hetero) is 1. The average molecular weight is 250 g/mol. The predicted octanol–water partition coefficient (Wildman–Crippen LogP) is 1.88. The Hall–Kier alpha value is -1.65. The molecule has 1 aromatic heterocycles. The molecule has 5 nitrogen and oxygen atoms in total. The van der Waals surface area contributed by atoms with E-state index < -0.39 is 0 Å². The second-order valence-corrected chi connectivity index (χ2v) is 4.99. The van der Waals surface area contributed by atoms with Crippen LogP contribution in [0.25, 0.3) is 0 Å². The molecule has 0 fully saturated rings. The number of ketones is 1. The second-order valence-electron chi connectivity index (χ2n) is 4.99. The first-order valence-electron chi connectivity index (χ1n) is 6.18. The molecule has 5 heteroatoms. The van der Waals surface area contributed by atoms with Gasteiger partial charge in [-0.15, -0.1) is 0 Å². The minimum Gasteiger partial charge on any atom is -0.363 e. The number of carbonyl (C=O) groups is 1. The van der Waals surface area contributed by atoms with E-state index in [1.54, 1.807) is 6.92 Å². The summed E-state index contributed by atoms with van der Waals surface area (Å²) in [4.78, 5) is 21.7. The van der Waals surface area contributed by atoms with Gasteiger partial charge in [-0.1, -0.05) is 13.8 Å². The zero-order valence-electron chi connectivity index (χ0n) is 11.8. The lowest BCUT2D eigenvalue weighted by Gasteiger charge is -2.21. The summed E-state index contributed by atoms with van der Waals surface area (Å²) in [6, 6.07) is 1.87. The molecule has 1 aromatic rings. The summed E-state index contributed by atoms with van der Waals surface area (Å²) in [5.74, 6) is 2.93. The Labute approximate surface area is 109 Å². The number of carbonyl (C=O) groups excluding carboxylic acids is 1. The number of aryl methyl sites for hydroxylation is 1. The van der Waals surface area contributed by atoms with Gasteiger partial charge in [0.1, 0.15) is 23.2 Å². The molecular weight excluding hydrogens is 228 g/mol. The summed E-state index contributed by atoms with van der Waals surface area (Å²) in [5, 5.41) is 3.01. The van der Waals surface area contributed by atoms with Crippen molar-refractivity contribution in [1.29, 1.82) is 0 Å². The van der Waals surface area contributed by atoms with E-state index in [-0.39, 0.29) is 5.78 Å². The first kappa shape index (κ1) is 14.4. The van der Waals surface area contributed by atoms with Gasteiger partial charge < -0.3 is 10.2 Å². The van der Waals surface area contributed by atoms with Crippen molar-refractivity contribution >= 4 is 17.4 Å². The van der Waals surface area contributed by atoms with Crippen molar-refractivity contribution in [3.05, 3.63) is 11.9 Å². The molecule has 0 aliphatic rings. The predicted molar refractivity (Wildman–Crippen MR) is 74.0 cm³/mol. The number of rotatable bonds is 6. The third-order valence-electron chi connectivity index (χ3n) is 2.37. The maximum atomic E-state index is 10.9. The Morgan fingerprint density at radius 2 is 2.11 bits per heavy atom. The Balaban J connectivity index is 2.82. The second kappa shape index (κ2) is 6.33. The van der Waals surface area contributed by atoms with Crippen molar-refractivity contribution in [1.82, 2.24) is 9.97 Å². The van der Waals surface area contributed by atoms with Crippen LogP contribution >= 0.6 is 0 Å². The molecule has 0 aliphatic carbocycles. The third kappa shape index (κ3) is 4.69. The Morgan fingerprint density at radius 1 is 1.44 bits per heavy atom. The molecule has 0 aliphatic heterocycles. The lowest BCUT2D eigenvalue weighted by atomic mass is 10.2. The van der Waals surface area contributed by atoms with E-state index >= 15 is 0 Å². The summed E-state index contributed by atoms with van der Waals surface area (Å²) in [6.45, 7) is 8.96. The van der Waals surface area contributed by atoms with E-state index in [0.717, 1.165) is 12.4 Å². The number of aromatic nitrogens is 2. The summed E-state index contributed by atoms with van der Waals surface area (Å²) < 4.78 is 0. The normalized spacial score (nSPS) is 10.6. The molecule has 0 radical (unpaired) electrons. The molecule has 1 rings (SSSR count). The van der Waals surface area contributed by atoms with Gasteiger partial charge in [-0.2, -0.15) is 0 Å². The molecule has 0 bridgehead atoms. The molecule has 0 spiro atoms. The maximum Gasteiger partial charge on any atom is 0.148 e. The van der Waals surface area contributed by atoms with Crippen LogP contribution in [0.4, 0.5) is 11.6 Å². The lowest BCUT2D eigenvalue weighted by molar-refractivity contribution is -0.115. The monoisotopic (exact) mass is 250 g/mol. The number of nitrogens with zero attached hydrogens (tertiary/aromatic N) is 3. The lowest BCUT2D eigenvalue weighted by Crippen LogP contribution is -2.24. The van der Waals surface area contributed by atoms with Gasteiger partial charge in [0.25, 0.3) is 0 Å². The van der Waals surface area contributed by atoms with Crippen LogP contribution in [0.5, 0.6) is 0 Å². The van der Waals surface area contributed by atoms with Crippen molar-refractivity contribution in [3.8, 4) is 0 Å². The van der Waals surface area contributed by atoms with Gasteiger partial charge in [-0.3, -0.25) is 4.79 Å². The highest BCUT2D eigenvalue weighted by molar-refractivity contribution is 5.80. The standard InChI is InChI=1S/C13H22N4O/c1-9(2)8-17(5)13-6-12(14-7-10(3)18)15-11(4)16-13/h6,9H,7-8H2,1-5H3,(H,14,15,16). The first-order chi connectivity index (χ1) is 8.38. The zero-order valence-corrected chi connectivity index (χ0v) is 11.8. The van der Waals surface area contributed by atoms with Crippen LogP contribution in [0, 0.1) is 12.8 Å². The maximum absolute atomic E-state index is 10.9. The molecule has 0 saturated carbocycles. The number of nitrogens with one attached hydrogen (secondary N) is 1. The highest BCUT2D eigenvalue weighted by Gasteiger charge is 2.08.